The zero-order chi connectivity index (χ0) is 14.7. The molecular weight excluding hydrogens is 257 g/mol. The van der Waals surface area contributed by atoms with E-state index in [1.165, 1.54) is 18.2 Å². The molecule has 0 aliphatic carbocycles. The number of amides is 1. The number of hydrogen-bond donors (Lipinski definition) is 2. The lowest BCUT2D eigenvalue weighted by atomic mass is 10.1. The second-order valence-corrected chi connectivity index (χ2v) is 4.30. The fourth-order valence-corrected chi connectivity index (χ4v) is 1.72. The van der Waals surface area contributed by atoms with Gasteiger partial charge in [-0.3, -0.25) is 4.79 Å². The Kier molecular flexibility index (Phi) is 3.67. The summed E-state index contributed by atoms with van der Waals surface area (Å²) in [4.78, 5) is 12.1. The van der Waals surface area contributed by atoms with Crippen LogP contribution in [0.1, 0.15) is 21.5 Å². The molecule has 0 aromatic heterocycles. The number of anilines is 2. The number of aryl methyl sites for hydroxylation is 1. The molecule has 2 rings (SSSR count). The molecule has 100 valence electrons. The summed E-state index contributed by atoms with van der Waals surface area (Å²) >= 11 is 0. The van der Waals surface area contributed by atoms with Crippen molar-refractivity contribution in [3.05, 3.63) is 58.9 Å². The Labute approximate surface area is 115 Å². The molecule has 3 N–H and O–H groups in total. The molecule has 0 heterocycles. The van der Waals surface area contributed by atoms with Crippen molar-refractivity contribution in [3.8, 4) is 6.07 Å². The minimum Gasteiger partial charge on any atom is -0.398 e. The molecule has 0 spiro atoms. The highest BCUT2D eigenvalue weighted by atomic mass is 19.1. The molecule has 0 saturated carbocycles. The monoisotopic (exact) mass is 269 g/mol. The molecule has 0 aliphatic rings. The number of nitrogens with two attached hydrogens (primary N) is 1. The van der Waals surface area contributed by atoms with Gasteiger partial charge in [0.1, 0.15) is 17.4 Å². The van der Waals surface area contributed by atoms with Gasteiger partial charge in [0.25, 0.3) is 5.91 Å². The van der Waals surface area contributed by atoms with Crippen LogP contribution in [0.25, 0.3) is 0 Å². The minimum atomic E-state index is -0.672. The normalized spacial score (nSPS) is 9.85. The van der Waals surface area contributed by atoms with E-state index in [1.54, 1.807) is 18.2 Å². The molecular formula is C15H12FN3O. The molecule has 0 atom stereocenters. The first kappa shape index (κ1) is 13.6. The first-order valence-electron chi connectivity index (χ1n) is 5.89. The van der Waals surface area contributed by atoms with E-state index in [2.05, 4.69) is 5.32 Å². The van der Waals surface area contributed by atoms with Gasteiger partial charge in [0, 0.05) is 11.3 Å². The Bertz CT molecular complexity index is 720. The molecule has 2 aromatic rings. The third kappa shape index (κ3) is 2.59. The van der Waals surface area contributed by atoms with Crippen LogP contribution >= 0.6 is 0 Å². The van der Waals surface area contributed by atoms with Crippen molar-refractivity contribution in [2.24, 2.45) is 0 Å². The lowest BCUT2D eigenvalue weighted by Crippen LogP contribution is -2.13. The topological polar surface area (TPSA) is 78.9 Å². The van der Waals surface area contributed by atoms with E-state index >= 15 is 0 Å². The van der Waals surface area contributed by atoms with Gasteiger partial charge in [-0.05, 0) is 36.8 Å². The molecule has 0 unspecified atom stereocenters. The molecule has 4 nitrogen and oxygen atoms in total. The van der Waals surface area contributed by atoms with Crippen LogP contribution in [-0.4, -0.2) is 5.91 Å². The summed E-state index contributed by atoms with van der Waals surface area (Å²) in [5, 5.41) is 11.4. The number of carbonyl (C=O) groups excluding carboxylic acids is 1. The standard InChI is InChI=1S/C15H12FN3O/c1-9-5-6-10(7-13(9)18)15(20)19-14-4-2-3-12(16)11(14)8-17/h2-7H,18H2,1H3,(H,19,20). The SMILES string of the molecule is Cc1ccc(C(=O)Nc2cccc(F)c2C#N)cc1N. The molecule has 20 heavy (non-hydrogen) atoms. The van der Waals surface area contributed by atoms with Gasteiger partial charge in [-0.2, -0.15) is 5.26 Å². The molecule has 0 bridgehead atoms. The highest BCUT2D eigenvalue weighted by molar-refractivity contribution is 6.05. The van der Waals surface area contributed by atoms with E-state index in [-0.39, 0.29) is 11.3 Å². The van der Waals surface area contributed by atoms with E-state index in [4.69, 9.17) is 11.0 Å². The second-order valence-electron chi connectivity index (χ2n) is 4.30. The predicted molar refractivity (Wildman–Crippen MR) is 74.7 cm³/mol. The van der Waals surface area contributed by atoms with Gasteiger partial charge in [-0.15, -0.1) is 0 Å². The summed E-state index contributed by atoms with van der Waals surface area (Å²) in [6.45, 7) is 1.83. The zero-order valence-electron chi connectivity index (χ0n) is 10.8. The smallest absolute Gasteiger partial charge is 0.255 e. The number of rotatable bonds is 2. The van der Waals surface area contributed by atoms with Crippen molar-refractivity contribution in [2.75, 3.05) is 11.1 Å². The van der Waals surface area contributed by atoms with Crippen molar-refractivity contribution in [1.82, 2.24) is 0 Å². The van der Waals surface area contributed by atoms with Crippen LogP contribution in [0.5, 0.6) is 0 Å². The molecule has 2 aromatic carbocycles. The number of nitrogens with zero attached hydrogens (tertiary/aromatic N) is 1. The predicted octanol–water partition coefficient (Wildman–Crippen LogP) is 2.84. The summed E-state index contributed by atoms with van der Waals surface area (Å²) < 4.78 is 13.4. The number of benzene rings is 2. The molecule has 0 radical (unpaired) electrons. The van der Waals surface area contributed by atoms with Crippen LogP contribution in [0.2, 0.25) is 0 Å². The number of nitrogen functional groups attached to an aromatic ring is 1. The maximum atomic E-state index is 13.4. The average Bonchev–Trinajstić information content (AvgIpc) is 2.42. The van der Waals surface area contributed by atoms with Crippen molar-refractivity contribution in [3.63, 3.8) is 0 Å². The highest BCUT2D eigenvalue weighted by Crippen LogP contribution is 2.19. The van der Waals surface area contributed by atoms with Crippen LogP contribution in [0.15, 0.2) is 36.4 Å². The van der Waals surface area contributed by atoms with Gasteiger partial charge in [0.15, 0.2) is 0 Å². The molecule has 1 amide bonds. The Hall–Kier alpha value is -2.87. The largest absolute Gasteiger partial charge is 0.398 e. The molecule has 0 saturated heterocycles. The summed E-state index contributed by atoms with van der Waals surface area (Å²) in [6.07, 6.45) is 0. The van der Waals surface area contributed by atoms with E-state index in [0.717, 1.165) is 11.6 Å². The fourth-order valence-electron chi connectivity index (χ4n) is 1.72. The summed E-state index contributed by atoms with van der Waals surface area (Å²) in [7, 11) is 0. The van der Waals surface area contributed by atoms with E-state index in [1.807, 2.05) is 6.92 Å². The van der Waals surface area contributed by atoms with E-state index in [9.17, 15) is 9.18 Å². The second kappa shape index (κ2) is 5.41. The average molecular weight is 269 g/mol. The lowest BCUT2D eigenvalue weighted by molar-refractivity contribution is 0.102. The summed E-state index contributed by atoms with van der Waals surface area (Å²) in [5.41, 5.74) is 7.39. The third-order valence-corrected chi connectivity index (χ3v) is 2.92. The Morgan fingerprint density at radius 2 is 2.10 bits per heavy atom. The van der Waals surface area contributed by atoms with Gasteiger partial charge in [0.2, 0.25) is 0 Å². The Morgan fingerprint density at radius 3 is 2.75 bits per heavy atom. The fraction of sp³-hybridized carbons (Fsp3) is 0.0667. The number of carbonyl (C=O) groups is 1. The van der Waals surface area contributed by atoms with E-state index < -0.39 is 11.7 Å². The van der Waals surface area contributed by atoms with Gasteiger partial charge >= 0.3 is 0 Å². The maximum Gasteiger partial charge on any atom is 0.255 e. The zero-order valence-corrected chi connectivity index (χ0v) is 10.8. The van der Waals surface area contributed by atoms with Gasteiger partial charge < -0.3 is 11.1 Å². The van der Waals surface area contributed by atoms with E-state index in [0.29, 0.717) is 11.3 Å². The quantitative estimate of drug-likeness (QED) is 0.823. The van der Waals surface area contributed by atoms with Crippen LogP contribution < -0.4 is 11.1 Å². The Morgan fingerprint density at radius 1 is 1.35 bits per heavy atom. The number of halogens is 1. The minimum absolute atomic E-state index is 0.136. The van der Waals surface area contributed by atoms with Crippen molar-refractivity contribution < 1.29 is 9.18 Å². The summed E-state index contributed by atoms with van der Waals surface area (Å²) in [5.74, 6) is -1.12. The first-order chi connectivity index (χ1) is 9.52. The van der Waals surface area contributed by atoms with Crippen molar-refractivity contribution in [2.45, 2.75) is 6.92 Å². The Balaban J connectivity index is 2.31. The van der Waals surface area contributed by atoms with Crippen molar-refractivity contribution >= 4 is 17.3 Å². The van der Waals surface area contributed by atoms with Gasteiger partial charge in [-0.1, -0.05) is 12.1 Å². The third-order valence-electron chi connectivity index (χ3n) is 2.92. The first-order valence-corrected chi connectivity index (χ1v) is 5.89. The number of nitrogens with one attached hydrogen (secondary N) is 1. The van der Waals surface area contributed by atoms with Gasteiger partial charge in [-0.25, -0.2) is 4.39 Å². The number of hydrogen-bond acceptors (Lipinski definition) is 3. The van der Waals surface area contributed by atoms with Crippen LogP contribution in [0, 0.1) is 24.1 Å². The highest BCUT2D eigenvalue weighted by Gasteiger charge is 2.12. The molecule has 0 fully saturated rings. The van der Waals surface area contributed by atoms with Crippen LogP contribution in [-0.2, 0) is 0 Å². The van der Waals surface area contributed by atoms with Crippen molar-refractivity contribution in [1.29, 1.82) is 5.26 Å². The number of nitriles is 1. The lowest BCUT2D eigenvalue weighted by Gasteiger charge is -2.08. The maximum absolute atomic E-state index is 13.4. The van der Waals surface area contributed by atoms with Gasteiger partial charge in [0.05, 0.1) is 5.69 Å². The van der Waals surface area contributed by atoms with Crippen LogP contribution in [0.4, 0.5) is 15.8 Å². The van der Waals surface area contributed by atoms with Crippen LogP contribution in [0.3, 0.4) is 0 Å². The molecule has 5 heteroatoms. The molecule has 0 aliphatic heterocycles. The summed E-state index contributed by atoms with van der Waals surface area (Å²) in [6, 6.07) is 10.7.